The molecule has 1 aromatic heterocycles. The molecule has 2 amide bonds. The van der Waals surface area contributed by atoms with Crippen LogP contribution in [0.1, 0.15) is 72.5 Å². The van der Waals surface area contributed by atoms with Gasteiger partial charge in [-0.3, -0.25) is 9.59 Å². The average Bonchev–Trinajstić information content (AvgIpc) is 3.27. The number of carbonyl (C=O) groups is 2. The monoisotopic (exact) mass is 532 g/mol. The van der Waals surface area contributed by atoms with Gasteiger partial charge in [0.25, 0.3) is 5.91 Å². The summed E-state index contributed by atoms with van der Waals surface area (Å²) in [5, 5.41) is 13.9. The Morgan fingerprint density at radius 1 is 1.03 bits per heavy atom. The van der Waals surface area contributed by atoms with Gasteiger partial charge < -0.3 is 24.5 Å². The van der Waals surface area contributed by atoms with Gasteiger partial charge in [0, 0.05) is 31.6 Å². The molecule has 0 saturated carbocycles. The number of ether oxygens (including phenoxy) is 1. The SMILES string of the molecule is Cc1cc(C(=O)NCc2cccc(-c3ccc(C(C)(C)CCCCC(=O)N4CCOCC4)cc3O)c2)c(C)o1. The number of phenolic OH excluding ortho intramolecular Hbond substituents is 1. The molecule has 1 fully saturated rings. The standard InChI is InChI=1S/C32H40N2O5/c1-22-18-28(23(2)39-22)31(37)33-21-24-8-7-9-25(19-24)27-12-11-26(20-29(27)35)32(3,4)13-6-5-10-30(36)34-14-16-38-17-15-34/h7-9,11-12,18-20,35H,5-6,10,13-17,21H2,1-4H3,(H,33,37). The molecule has 208 valence electrons. The van der Waals surface area contributed by atoms with E-state index >= 15 is 0 Å². The first-order valence-electron chi connectivity index (χ1n) is 13.8. The first-order valence-corrected chi connectivity index (χ1v) is 13.8. The molecule has 0 bridgehead atoms. The lowest BCUT2D eigenvalue weighted by atomic mass is 9.79. The van der Waals surface area contributed by atoms with Crippen molar-refractivity contribution in [3.8, 4) is 16.9 Å². The molecule has 0 radical (unpaired) electrons. The van der Waals surface area contributed by atoms with Crippen molar-refractivity contribution in [2.75, 3.05) is 26.3 Å². The van der Waals surface area contributed by atoms with Crippen molar-refractivity contribution in [3.63, 3.8) is 0 Å². The van der Waals surface area contributed by atoms with Crippen LogP contribution in [-0.4, -0.2) is 48.1 Å². The second-order valence-electron chi connectivity index (χ2n) is 11.0. The molecule has 2 aromatic carbocycles. The summed E-state index contributed by atoms with van der Waals surface area (Å²) in [4.78, 5) is 26.9. The zero-order valence-corrected chi connectivity index (χ0v) is 23.5. The largest absolute Gasteiger partial charge is 0.507 e. The number of aromatic hydroxyl groups is 1. The van der Waals surface area contributed by atoms with Crippen LogP contribution in [0.5, 0.6) is 5.75 Å². The zero-order chi connectivity index (χ0) is 28.0. The fourth-order valence-electron chi connectivity index (χ4n) is 5.14. The van der Waals surface area contributed by atoms with E-state index in [2.05, 4.69) is 25.2 Å². The fraction of sp³-hybridized carbons (Fsp3) is 0.438. The summed E-state index contributed by atoms with van der Waals surface area (Å²) in [6.07, 6.45) is 3.29. The van der Waals surface area contributed by atoms with Gasteiger partial charge in [-0.25, -0.2) is 0 Å². The van der Waals surface area contributed by atoms with Gasteiger partial charge in [-0.1, -0.05) is 50.6 Å². The normalized spacial score (nSPS) is 13.9. The number of carbonyl (C=O) groups excluding carboxylic acids is 2. The van der Waals surface area contributed by atoms with Crippen LogP contribution in [0.15, 0.2) is 52.9 Å². The van der Waals surface area contributed by atoms with Crippen LogP contribution in [-0.2, 0) is 21.5 Å². The number of morpholine rings is 1. The Morgan fingerprint density at radius 2 is 1.79 bits per heavy atom. The Balaban J connectivity index is 1.34. The van der Waals surface area contributed by atoms with Gasteiger partial charge >= 0.3 is 0 Å². The number of rotatable bonds is 10. The molecule has 1 aliphatic rings. The molecule has 39 heavy (non-hydrogen) atoms. The minimum absolute atomic E-state index is 0.131. The first-order chi connectivity index (χ1) is 18.6. The molecule has 7 nitrogen and oxygen atoms in total. The predicted molar refractivity (Wildman–Crippen MR) is 152 cm³/mol. The summed E-state index contributed by atoms with van der Waals surface area (Å²) in [5.74, 6) is 1.59. The number of benzene rings is 2. The smallest absolute Gasteiger partial charge is 0.255 e. The van der Waals surface area contributed by atoms with E-state index in [4.69, 9.17) is 9.15 Å². The van der Waals surface area contributed by atoms with Crippen LogP contribution in [0, 0.1) is 13.8 Å². The van der Waals surface area contributed by atoms with E-state index in [0.29, 0.717) is 56.4 Å². The summed E-state index contributed by atoms with van der Waals surface area (Å²) >= 11 is 0. The Morgan fingerprint density at radius 3 is 2.49 bits per heavy atom. The van der Waals surface area contributed by atoms with E-state index in [1.165, 1.54) is 0 Å². The number of furan rings is 1. The van der Waals surface area contributed by atoms with E-state index < -0.39 is 0 Å². The first kappa shape index (κ1) is 28.4. The fourth-order valence-corrected chi connectivity index (χ4v) is 5.14. The van der Waals surface area contributed by atoms with Crippen molar-refractivity contribution in [1.82, 2.24) is 10.2 Å². The second kappa shape index (κ2) is 12.5. The number of hydrogen-bond acceptors (Lipinski definition) is 5. The van der Waals surface area contributed by atoms with Crippen LogP contribution in [0.25, 0.3) is 11.1 Å². The molecular weight excluding hydrogens is 492 g/mol. The minimum atomic E-state index is -0.172. The van der Waals surface area contributed by atoms with Gasteiger partial charge in [0.05, 0.1) is 18.8 Å². The number of nitrogens with one attached hydrogen (secondary N) is 1. The van der Waals surface area contributed by atoms with Gasteiger partial charge in [0.2, 0.25) is 5.91 Å². The van der Waals surface area contributed by atoms with Gasteiger partial charge in [-0.05, 0) is 67.0 Å². The van der Waals surface area contributed by atoms with Crippen molar-refractivity contribution >= 4 is 11.8 Å². The molecule has 0 spiro atoms. The van der Waals surface area contributed by atoms with Gasteiger partial charge in [0.1, 0.15) is 17.3 Å². The number of hydrogen-bond donors (Lipinski definition) is 2. The van der Waals surface area contributed by atoms with E-state index in [-0.39, 0.29) is 23.0 Å². The number of aryl methyl sites for hydroxylation is 2. The maximum Gasteiger partial charge on any atom is 0.255 e. The Kier molecular flexibility index (Phi) is 9.12. The van der Waals surface area contributed by atoms with E-state index in [1.54, 1.807) is 13.0 Å². The van der Waals surface area contributed by atoms with E-state index in [9.17, 15) is 14.7 Å². The van der Waals surface area contributed by atoms with Crippen molar-refractivity contribution in [3.05, 3.63) is 76.7 Å². The van der Waals surface area contributed by atoms with Crippen LogP contribution < -0.4 is 5.32 Å². The highest BCUT2D eigenvalue weighted by molar-refractivity contribution is 5.95. The molecule has 2 N–H and O–H groups in total. The van der Waals surface area contributed by atoms with Crippen LogP contribution >= 0.6 is 0 Å². The molecule has 0 atom stereocenters. The number of unbranched alkanes of at least 4 members (excludes halogenated alkanes) is 1. The van der Waals surface area contributed by atoms with Crippen molar-refractivity contribution in [1.29, 1.82) is 0 Å². The molecule has 1 aliphatic heterocycles. The Hall–Kier alpha value is -3.58. The number of phenols is 1. The highest BCUT2D eigenvalue weighted by Crippen LogP contribution is 2.36. The molecule has 7 heteroatoms. The lowest BCUT2D eigenvalue weighted by Gasteiger charge is -2.28. The number of amides is 2. The van der Waals surface area contributed by atoms with Gasteiger partial charge in [-0.15, -0.1) is 0 Å². The minimum Gasteiger partial charge on any atom is -0.507 e. The van der Waals surface area contributed by atoms with Crippen molar-refractivity contribution in [2.45, 2.75) is 65.3 Å². The highest BCUT2D eigenvalue weighted by atomic mass is 16.5. The summed E-state index contributed by atoms with van der Waals surface area (Å²) < 4.78 is 10.8. The molecule has 4 rings (SSSR count). The van der Waals surface area contributed by atoms with E-state index in [1.807, 2.05) is 48.2 Å². The third-order valence-corrected chi connectivity index (χ3v) is 7.56. The molecule has 0 unspecified atom stereocenters. The number of nitrogens with zero attached hydrogens (tertiary/aromatic N) is 1. The molecular formula is C32H40N2O5. The van der Waals surface area contributed by atoms with Crippen LogP contribution in [0.2, 0.25) is 0 Å². The topological polar surface area (TPSA) is 92.0 Å². The lowest BCUT2D eigenvalue weighted by molar-refractivity contribution is -0.135. The molecule has 0 aliphatic carbocycles. The third kappa shape index (κ3) is 7.30. The second-order valence-corrected chi connectivity index (χ2v) is 11.0. The molecule has 3 aromatic rings. The quantitative estimate of drug-likeness (QED) is 0.318. The van der Waals surface area contributed by atoms with Crippen LogP contribution in [0.3, 0.4) is 0 Å². The Labute approximate surface area is 231 Å². The van der Waals surface area contributed by atoms with E-state index in [0.717, 1.165) is 41.5 Å². The van der Waals surface area contributed by atoms with Gasteiger partial charge in [-0.2, -0.15) is 0 Å². The maximum atomic E-state index is 12.6. The average molecular weight is 533 g/mol. The molecule has 2 heterocycles. The summed E-state index contributed by atoms with van der Waals surface area (Å²) in [7, 11) is 0. The van der Waals surface area contributed by atoms with Crippen molar-refractivity contribution in [2.24, 2.45) is 0 Å². The van der Waals surface area contributed by atoms with Crippen LogP contribution in [0.4, 0.5) is 0 Å². The predicted octanol–water partition coefficient (Wildman–Crippen LogP) is 5.90. The Bertz CT molecular complexity index is 1300. The lowest BCUT2D eigenvalue weighted by Crippen LogP contribution is -2.40. The van der Waals surface area contributed by atoms with Gasteiger partial charge in [0.15, 0.2) is 0 Å². The van der Waals surface area contributed by atoms with Crippen molar-refractivity contribution < 1.29 is 23.8 Å². The highest BCUT2D eigenvalue weighted by Gasteiger charge is 2.23. The zero-order valence-electron chi connectivity index (χ0n) is 23.5. The maximum absolute atomic E-state index is 12.6. The summed E-state index contributed by atoms with van der Waals surface area (Å²) in [6.45, 7) is 11.0. The third-order valence-electron chi connectivity index (χ3n) is 7.56. The summed E-state index contributed by atoms with van der Waals surface area (Å²) in [6, 6.07) is 15.5. The summed E-state index contributed by atoms with van der Waals surface area (Å²) in [5.41, 5.74) is 4.06. The molecule has 1 saturated heterocycles.